The molecule has 0 fully saturated rings. The second-order valence-electron chi connectivity index (χ2n) is 9.65. The predicted molar refractivity (Wildman–Crippen MR) is 143 cm³/mol. The van der Waals surface area contributed by atoms with Gasteiger partial charge in [-0.2, -0.15) is 5.10 Å². The zero-order valence-corrected chi connectivity index (χ0v) is 22.4. The van der Waals surface area contributed by atoms with Crippen LogP contribution in [0, 0.1) is 6.92 Å². The zero-order valence-electron chi connectivity index (χ0n) is 20.9. The van der Waals surface area contributed by atoms with Gasteiger partial charge >= 0.3 is 0 Å². The van der Waals surface area contributed by atoms with E-state index in [1.165, 1.54) is 4.90 Å². The highest BCUT2D eigenvalue weighted by Gasteiger charge is 2.24. The van der Waals surface area contributed by atoms with Gasteiger partial charge in [0, 0.05) is 33.6 Å². The Balaban J connectivity index is 1.88. The molecule has 0 aliphatic heterocycles. The largest absolute Gasteiger partial charge is 0.329 e. The van der Waals surface area contributed by atoms with Gasteiger partial charge in [0.05, 0.1) is 11.4 Å². The third-order valence-electron chi connectivity index (χ3n) is 5.60. The molecule has 35 heavy (non-hydrogen) atoms. The number of aromatic nitrogens is 2. The summed E-state index contributed by atoms with van der Waals surface area (Å²) in [7, 11) is 0. The summed E-state index contributed by atoms with van der Waals surface area (Å²) in [6.07, 6.45) is 1.65. The highest BCUT2D eigenvalue weighted by Crippen LogP contribution is 2.27. The van der Waals surface area contributed by atoms with Crippen molar-refractivity contribution in [3.05, 3.63) is 75.4 Å². The molecular formula is C27H32Cl2N4O2. The van der Waals surface area contributed by atoms with E-state index in [1.54, 1.807) is 22.9 Å². The van der Waals surface area contributed by atoms with Crippen molar-refractivity contribution in [2.24, 2.45) is 0 Å². The maximum atomic E-state index is 13.2. The Morgan fingerprint density at radius 3 is 2.31 bits per heavy atom. The van der Waals surface area contributed by atoms with E-state index in [0.717, 1.165) is 29.8 Å². The van der Waals surface area contributed by atoms with Gasteiger partial charge in [-0.15, -0.1) is 0 Å². The number of carbonyl (C=O) groups is 2. The molecule has 0 bridgehead atoms. The summed E-state index contributed by atoms with van der Waals surface area (Å²) in [5.41, 5.74) is 2.91. The molecule has 0 radical (unpaired) electrons. The molecule has 8 heteroatoms. The zero-order chi connectivity index (χ0) is 25.8. The molecule has 0 spiro atoms. The van der Waals surface area contributed by atoms with E-state index in [1.807, 2.05) is 44.2 Å². The van der Waals surface area contributed by atoms with E-state index in [0.29, 0.717) is 28.0 Å². The van der Waals surface area contributed by atoms with E-state index in [2.05, 4.69) is 26.1 Å². The molecular weight excluding hydrogens is 483 g/mol. The van der Waals surface area contributed by atoms with Crippen LogP contribution in [0.2, 0.25) is 10.0 Å². The molecule has 2 aromatic carbocycles. The summed E-state index contributed by atoms with van der Waals surface area (Å²) in [6.45, 7) is 10.6. The lowest BCUT2D eigenvalue weighted by Crippen LogP contribution is -2.39. The second kappa shape index (κ2) is 11.3. The van der Waals surface area contributed by atoms with Crippen LogP contribution in [0.25, 0.3) is 5.69 Å². The van der Waals surface area contributed by atoms with Crippen molar-refractivity contribution in [3.63, 3.8) is 0 Å². The van der Waals surface area contributed by atoms with Crippen molar-refractivity contribution in [2.45, 2.75) is 52.9 Å². The number of rotatable bonds is 8. The fourth-order valence-electron chi connectivity index (χ4n) is 3.64. The van der Waals surface area contributed by atoms with Crippen molar-refractivity contribution in [3.8, 4) is 5.69 Å². The molecule has 1 N–H and O–H groups in total. The normalized spacial score (nSPS) is 11.4. The highest BCUT2D eigenvalue weighted by atomic mass is 35.5. The lowest BCUT2D eigenvalue weighted by Gasteiger charge is -2.22. The van der Waals surface area contributed by atoms with Gasteiger partial charge in [-0.25, -0.2) is 4.68 Å². The Hall–Kier alpha value is -2.83. The summed E-state index contributed by atoms with van der Waals surface area (Å²) in [6, 6.07) is 14.5. The van der Waals surface area contributed by atoms with Crippen LogP contribution in [0.1, 0.15) is 62.2 Å². The summed E-state index contributed by atoms with van der Waals surface area (Å²) >= 11 is 12.2. The van der Waals surface area contributed by atoms with Crippen molar-refractivity contribution in [2.75, 3.05) is 18.4 Å². The van der Waals surface area contributed by atoms with Gasteiger partial charge in [0.1, 0.15) is 12.4 Å². The number of nitrogens with zero attached hydrogens (tertiary/aromatic N) is 3. The molecule has 0 unspecified atom stereocenters. The molecule has 0 aliphatic carbocycles. The summed E-state index contributed by atoms with van der Waals surface area (Å²) in [4.78, 5) is 27.9. The molecule has 0 atom stereocenters. The quantitative estimate of drug-likeness (QED) is 0.365. The number of carbonyl (C=O) groups excluding carboxylic acids is 2. The number of para-hydroxylation sites is 1. The van der Waals surface area contributed by atoms with E-state index in [4.69, 9.17) is 28.3 Å². The number of anilines is 1. The maximum absolute atomic E-state index is 13.2. The molecule has 0 aliphatic rings. The number of hydrogen-bond acceptors (Lipinski definition) is 3. The molecule has 0 saturated heterocycles. The van der Waals surface area contributed by atoms with Gasteiger partial charge in [0.2, 0.25) is 5.91 Å². The van der Waals surface area contributed by atoms with Gasteiger partial charge in [0.25, 0.3) is 5.91 Å². The molecule has 1 aromatic heterocycles. The van der Waals surface area contributed by atoms with Crippen molar-refractivity contribution < 1.29 is 9.59 Å². The summed E-state index contributed by atoms with van der Waals surface area (Å²) < 4.78 is 1.75. The first-order chi connectivity index (χ1) is 16.5. The molecule has 3 aromatic rings. The first kappa shape index (κ1) is 26.8. The van der Waals surface area contributed by atoms with Crippen LogP contribution in [-0.2, 0) is 10.2 Å². The molecule has 3 rings (SSSR count). The van der Waals surface area contributed by atoms with Gasteiger partial charge in [-0.3, -0.25) is 9.59 Å². The standard InChI is InChI=1S/C27H32Cl2N4O2/c1-6-7-12-32(26(35)19-13-20(28)15-21(29)14-19)17-25(34)30-24-16-23(27(3,4)5)31-33(24)22-11-9-8-10-18(22)2/h8-11,13-16H,6-7,12,17H2,1-5H3,(H,30,34). The first-order valence-corrected chi connectivity index (χ1v) is 12.5. The first-order valence-electron chi connectivity index (χ1n) is 11.7. The predicted octanol–water partition coefficient (Wildman–Crippen LogP) is 6.67. The highest BCUT2D eigenvalue weighted by molar-refractivity contribution is 6.35. The lowest BCUT2D eigenvalue weighted by atomic mass is 9.92. The van der Waals surface area contributed by atoms with Gasteiger partial charge in [-0.1, -0.05) is 75.5 Å². The van der Waals surface area contributed by atoms with E-state index < -0.39 is 0 Å². The van der Waals surface area contributed by atoms with Gasteiger partial charge in [-0.05, 0) is 43.2 Å². The number of amides is 2. The topological polar surface area (TPSA) is 67.2 Å². The van der Waals surface area contributed by atoms with Gasteiger partial charge < -0.3 is 10.2 Å². The average Bonchev–Trinajstić information content (AvgIpc) is 3.19. The summed E-state index contributed by atoms with van der Waals surface area (Å²) in [5, 5.41) is 8.51. The van der Waals surface area contributed by atoms with Crippen LogP contribution in [0.15, 0.2) is 48.5 Å². The minimum absolute atomic E-state index is 0.104. The Labute approximate surface area is 217 Å². The maximum Gasteiger partial charge on any atom is 0.254 e. The number of nitrogens with one attached hydrogen (secondary N) is 1. The molecule has 0 saturated carbocycles. The van der Waals surface area contributed by atoms with E-state index in [9.17, 15) is 9.59 Å². The minimum atomic E-state index is -0.308. The lowest BCUT2D eigenvalue weighted by molar-refractivity contribution is -0.117. The Bertz CT molecular complexity index is 1190. The number of benzene rings is 2. The number of aryl methyl sites for hydroxylation is 1. The van der Waals surface area contributed by atoms with E-state index >= 15 is 0 Å². The van der Waals surface area contributed by atoms with Crippen molar-refractivity contribution in [1.29, 1.82) is 0 Å². The third-order valence-corrected chi connectivity index (χ3v) is 6.04. The van der Waals surface area contributed by atoms with Crippen LogP contribution >= 0.6 is 23.2 Å². The molecule has 186 valence electrons. The number of halogens is 2. The average molecular weight is 515 g/mol. The molecule has 2 amide bonds. The van der Waals surface area contributed by atoms with Crippen molar-refractivity contribution in [1.82, 2.24) is 14.7 Å². The van der Waals surface area contributed by atoms with E-state index in [-0.39, 0.29) is 23.8 Å². The fourth-order valence-corrected chi connectivity index (χ4v) is 4.16. The Morgan fingerprint density at radius 1 is 1.06 bits per heavy atom. The van der Waals surface area contributed by atoms with Crippen LogP contribution in [0.3, 0.4) is 0 Å². The number of unbranched alkanes of at least 4 members (excludes halogenated alkanes) is 1. The van der Waals surface area contributed by atoms with Crippen LogP contribution < -0.4 is 5.32 Å². The third kappa shape index (κ3) is 6.86. The summed E-state index contributed by atoms with van der Waals surface area (Å²) in [5.74, 6) is -0.0403. The van der Waals surface area contributed by atoms with Gasteiger partial charge in [0.15, 0.2) is 0 Å². The number of hydrogen-bond donors (Lipinski definition) is 1. The Morgan fingerprint density at radius 2 is 1.71 bits per heavy atom. The molecule has 1 heterocycles. The smallest absolute Gasteiger partial charge is 0.254 e. The van der Waals surface area contributed by atoms with Crippen LogP contribution in [0.5, 0.6) is 0 Å². The van der Waals surface area contributed by atoms with Crippen molar-refractivity contribution >= 4 is 40.8 Å². The molecule has 6 nitrogen and oxygen atoms in total. The SMILES string of the molecule is CCCCN(CC(=O)Nc1cc(C(C)(C)C)nn1-c1ccccc1C)C(=O)c1cc(Cl)cc(Cl)c1. The Kier molecular flexibility index (Phi) is 8.62. The van der Waals surface area contributed by atoms with Crippen LogP contribution in [0.4, 0.5) is 5.82 Å². The minimum Gasteiger partial charge on any atom is -0.329 e. The second-order valence-corrected chi connectivity index (χ2v) is 10.5. The van der Waals surface area contributed by atoms with Crippen LogP contribution in [-0.4, -0.2) is 39.6 Å². The fraction of sp³-hybridized carbons (Fsp3) is 0.370. The monoisotopic (exact) mass is 514 g/mol.